The molecule has 0 aromatic rings. The number of rotatable bonds is 6. The van der Waals surface area contributed by atoms with E-state index in [-0.39, 0.29) is 29.9 Å². The minimum absolute atomic E-state index is 0.117. The number of hydrogen-bond acceptors (Lipinski definition) is 4. The lowest BCUT2D eigenvalue weighted by Crippen LogP contribution is -2.21. The lowest BCUT2D eigenvalue weighted by Gasteiger charge is -2.15. The normalized spacial score (nSPS) is 12.7. The summed E-state index contributed by atoms with van der Waals surface area (Å²) in [6.07, 6.45) is 0.326. The summed E-state index contributed by atoms with van der Waals surface area (Å²) in [5, 5.41) is 0. The third kappa shape index (κ3) is 6.43. The average molecular weight is 230 g/mol. The molecule has 0 spiro atoms. The Kier molecular flexibility index (Phi) is 6.77. The van der Waals surface area contributed by atoms with Crippen LogP contribution in [0.25, 0.3) is 0 Å². The van der Waals surface area contributed by atoms with Gasteiger partial charge in [-0.1, -0.05) is 27.7 Å². The van der Waals surface area contributed by atoms with Gasteiger partial charge in [0.1, 0.15) is 6.10 Å². The molecule has 0 saturated heterocycles. The quantitative estimate of drug-likeness (QED) is 0.656. The minimum atomic E-state index is -0.220. The summed E-state index contributed by atoms with van der Waals surface area (Å²) < 4.78 is 10.1. The molecule has 4 nitrogen and oxygen atoms in total. The minimum Gasteiger partial charge on any atom is -0.465 e. The van der Waals surface area contributed by atoms with E-state index in [0.717, 1.165) is 0 Å². The van der Waals surface area contributed by atoms with Crippen molar-refractivity contribution in [1.29, 1.82) is 0 Å². The van der Waals surface area contributed by atoms with Crippen LogP contribution in [0.5, 0.6) is 0 Å². The van der Waals surface area contributed by atoms with E-state index < -0.39 is 0 Å². The molecule has 1 unspecified atom stereocenters. The fraction of sp³-hybridized carbons (Fsp3) is 0.833. The van der Waals surface area contributed by atoms with Gasteiger partial charge in [0.15, 0.2) is 0 Å². The predicted octanol–water partition coefficient (Wildman–Crippen LogP) is 2.16. The Morgan fingerprint density at radius 1 is 0.938 bits per heavy atom. The molecule has 4 heteroatoms. The second-order valence-electron chi connectivity index (χ2n) is 4.51. The maximum Gasteiger partial charge on any atom is 0.308 e. The summed E-state index contributed by atoms with van der Waals surface area (Å²) in [4.78, 5) is 22.4. The van der Waals surface area contributed by atoms with Crippen molar-refractivity contribution < 1.29 is 19.1 Å². The van der Waals surface area contributed by atoms with Gasteiger partial charge in [0.25, 0.3) is 0 Å². The van der Waals surface area contributed by atoms with Crippen molar-refractivity contribution in [2.45, 2.75) is 47.1 Å². The van der Waals surface area contributed by atoms with Gasteiger partial charge in [-0.2, -0.15) is 0 Å². The molecular formula is C12H22O4. The SMILES string of the molecule is CC(CCOC(=O)C(C)C)OC(=O)C(C)C. The molecule has 0 radical (unpaired) electrons. The number of ether oxygens (including phenoxy) is 2. The van der Waals surface area contributed by atoms with Crippen molar-refractivity contribution in [3.8, 4) is 0 Å². The molecule has 0 aliphatic rings. The van der Waals surface area contributed by atoms with Gasteiger partial charge in [0.05, 0.1) is 18.4 Å². The first-order valence-corrected chi connectivity index (χ1v) is 5.71. The Bertz CT molecular complexity index is 233. The summed E-state index contributed by atoms with van der Waals surface area (Å²) in [6, 6.07) is 0. The van der Waals surface area contributed by atoms with E-state index in [1.165, 1.54) is 0 Å². The molecule has 0 aromatic heterocycles. The largest absolute Gasteiger partial charge is 0.465 e. The molecule has 1 atom stereocenters. The van der Waals surface area contributed by atoms with E-state index in [1.807, 2.05) is 0 Å². The summed E-state index contributed by atoms with van der Waals surface area (Å²) in [6.45, 7) is 9.23. The van der Waals surface area contributed by atoms with Crippen LogP contribution >= 0.6 is 0 Å². The van der Waals surface area contributed by atoms with Crippen molar-refractivity contribution in [3.05, 3.63) is 0 Å². The highest BCUT2D eigenvalue weighted by Crippen LogP contribution is 2.05. The number of hydrogen-bond donors (Lipinski definition) is 0. The van der Waals surface area contributed by atoms with E-state index >= 15 is 0 Å². The topological polar surface area (TPSA) is 52.6 Å². The number of carbonyl (C=O) groups excluding carboxylic acids is 2. The zero-order valence-corrected chi connectivity index (χ0v) is 10.8. The van der Waals surface area contributed by atoms with Crippen LogP contribution in [-0.4, -0.2) is 24.6 Å². The molecule has 0 rings (SSSR count). The maximum atomic E-state index is 11.2. The first kappa shape index (κ1) is 14.9. The Labute approximate surface area is 97.3 Å². The Balaban J connectivity index is 3.70. The zero-order chi connectivity index (χ0) is 12.7. The van der Waals surface area contributed by atoms with Gasteiger partial charge < -0.3 is 9.47 Å². The molecule has 0 saturated carbocycles. The van der Waals surface area contributed by atoms with E-state index in [4.69, 9.17) is 9.47 Å². The highest BCUT2D eigenvalue weighted by molar-refractivity contribution is 5.72. The molecule has 0 bridgehead atoms. The van der Waals surface area contributed by atoms with Crippen molar-refractivity contribution in [2.75, 3.05) is 6.61 Å². The molecule has 0 aliphatic carbocycles. The fourth-order valence-corrected chi connectivity index (χ4v) is 0.885. The van der Waals surface area contributed by atoms with Crippen LogP contribution in [0.1, 0.15) is 41.0 Å². The van der Waals surface area contributed by atoms with Crippen molar-refractivity contribution in [3.63, 3.8) is 0 Å². The second kappa shape index (κ2) is 7.25. The van der Waals surface area contributed by atoms with Crippen LogP contribution in [-0.2, 0) is 19.1 Å². The van der Waals surface area contributed by atoms with E-state index in [2.05, 4.69) is 0 Å². The molecule has 0 aliphatic heterocycles. The molecule has 0 fully saturated rings. The fourth-order valence-electron chi connectivity index (χ4n) is 0.885. The monoisotopic (exact) mass is 230 g/mol. The first-order chi connectivity index (χ1) is 7.34. The van der Waals surface area contributed by atoms with Gasteiger partial charge in [-0.25, -0.2) is 0 Å². The third-order valence-corrected chi connectivity index (χ3v) is 2.03. The van der Waals surface area contributed by atoms with Gasteiger partial charge in [-0.05, 0) is 6.92 Å². The lowest BCUT2D eigenvalue weighted by atomic mass is 10.2. The Morgan fingerprint density at radius 2 is 1.44 bits per heavy atom. The number of carbonyl (C=O) groups is 2. The van der Waals surface area contributed by atoms with Crippen molar-refractivity contribution >= 4 is 11.9 Å². The average Bonchev–Trinajstić information content (AvgIpc) is 2.16. The second-order valence-corrected chi connectivity index (χ2v) is 4.51. The molecule has 94 valence electrons. The van der Waals surface area contributed by atoms with Crippen molar-refractivity contribution in [1.82, 2.24) is 0 Å². The third-order valence-electron chi connectivity index (χ3n) is 2.03. The summed E-state index contributed by atoms with van der Waals surface area (Å²) in [5.74, 6) is -0.681. The van der Waals surface area contributed by atoms with E-state index in [1.54, 1.807) is 34.6 Å². The summed E-state index contributed by atoms with van der Waals surface area (Å²) in [7, 11) is 0. The lowest BCUT2D eigenvalue weighted by molar-refractivity contribution is -0.154. The summed E-state index contributed by atoms with van der Waals surface area (Å²) >= 11 is 0. The van der Waals surface area contributed by atoms with Crippen LogP contribution < -0.4 is 0 Å². The van der Waals surface area contributed by atoms with Crippen LogP contribution in [0.3, 0.4) is 0 Å². The van der Waals surface area contributed by atoms with Crippen LogP contribution in [0.4, 0.5) is 0 Å². The van der Waals surface area contributed by atoms with E-state index in [9.17, 15) is 9.59 Å². The van der Waals surface area contributed by atoms with Gasteiger partial charge in [-0.15, -0.1) is 0 Å². The van der Waals surface area contributed by atoms with Gasteiger partial charge in [0.2, 0.25) is 0 Å². The molecule has 0 heterocycles. The summed E-state index contributed by atoms with van der Waals surface area (Å²) in [5.41, 5.74) is 0. The maximum absolute atomic E-state index is 11.2. The smallest absolute Gasteiger partial charge is 0.308 e. The highest BCUT2D eigenvalue weighted by Gasteiger charge is 2.14. The first-order valence-electron chi connectivity index (χ1n) is 5.71. The molecule has 0 N–H and O–H groups in total. The standard InChI is InChI=1S/C12H22O4/c1-8(2)11(13)15-7-6-10(5)16-12(14)9(3)4/h8-10H,6-7H2,1-5H3. The van der Waals surface area contributed by atoms with Crippen LogP contribution in [0.2, 0.25) is 0 Å². The van der Waals surface area contributed by atoms with Crippen molar-refractivity contribution in [2.24, 2.45) is 11.8 Å². The van der Waals surface area contributed by atoms with Gasteiger partial charge >= 0.3 is 11.9 Å². The van der Waals surface area contributed by atoms with E-state index in [0.29, 0.717) is 13.0 Å². The Morgan fingerprint density at radius 3 is 1.88 bits per heavy atom. The Hall–Kier alpha value is -1.06. The van der Waals surface area contributed by atoms with Gasteiger partial charge in [-0.3, -0.25) is 9.59 Å². The van der Waals surface area contributed by atoms with Crippen LogP contribution in [0.15, 0.2) is 0 Å². The molecule has 0 aromatic carbocycles. The zero-order valence-electron chi connectivity index (χ0n) is 10.8. The van der Waals surface area contributed by atoms with Gasteiger partial charge in [0, 0.05) is 6.42 Å². The molecule has 0 amide bonds. The molecule has 16 heavy (non-hydrogen) atoms. The predicted molar refractivity (Wildman–Crippen MR) is 60.8 cm³/mol. The van der Waals surface area contributed by atoms with Crippen LogP contribution in [0, 0.1) is 11.8 Å². The highest BCUT2D eigenvalue weighted by atomic mass is 16.6. The molecular weight excluding hydrogens is 208 g/mol. The number of esters is 2.